The van der Waals surface area contributed by atoms with Crippen molar-refractivity contribution in [2.45, 2.75) is 83.0 Å². The molecule has 2 atom stereocenters. The number of carbonyl (C=O) groups excluding carboxylic acids is 4. The summed E-state index contributed by atoms with van der Waals surface area (Å²) in [6.07, 6.45) is 5.55. The standard InChI is InChI=1S/C21H30N4O4S/c1-3-21(2,19(28)22-14-8-5-4-6-9-14)25(13-15-10-7-11-30-15)17(26)12-16-18(27)24-20(29)23-16/h7,10-11,14,16H,3-6,8-9,12-13H2,1-2H3,(H,22,28)(H2,23,24,27,29)/t16-,21-/m1/s1. The van der Waals surface area contributed by atoms with Crippen LogP contribution in [0.2, 0.25) is 0 Å². The fourth-order valence-corrected chi connectivity index (χ4v) is 4.74. The minimum atomic E-state index is -1.06. The Morgan fingerprint density at radius 2 is 2.00 bits per heavy atom. The Kier molecular flexibility index (Phi) is 7.12. The van der Waals surface area contributed by atoms with Crippen LogP contribution >= 0.6 is 11.3 Å². The molecule has 3 rings (SSSR count). The topological polar surface area (TPSA) is 108 Å². The van der Waals surface area contributed by atoms with Gasteiger partial charge in [0.05, 0.1) is 13.0 Å². The van der Waals surface area contributed by atoms with E-state index in [2.05, 4.69) is 16.0 Å². The molecule has 9 heteroatoms. The van der Waals surface area contributed by atoms with Gasteiger partial charge in [-0.1, -0.05) is 32.3 Å². The van der Waals surface area contributed by atoms with Crippen molar-refractivity contribution in [1.82, 2.24) is 20.9 Å². The van der Waals surface area contributed by atoms with Gasteiger partial charge in [-0.15, -0.1) is 11.3 Å². The quantitative estimate of drug-likeness (QED) is 0.546. The van der Waals surface area contributed by atoms with E-state index in [1.54, 1.807) is 11.8 Å². The molecule has 8 nitrogen and oxygen atoms in total. The maximum Gasteiger partial charge on any atom is 0.322 e. The van der Waals surface area contributed by atoms with Crippen LogP contribution in [0.3, 0.4) is 0 Å². The van der Waals surface area contributed by atoms with Gasteiger partial charge >= 0.3 is 6.03 Å². The van der Waals surface area contributed by atoms with Crippen molar-refractivity contribution in [2.24, 2.45) is 0 Å². The van der Waals surface area contributed by atoms with Crippen molar-refractivity contribution in [3.63, 3.8) is 0 Å². The van der Waals surface area contributed by atoms with Crippen molar-refractivity contribution < 1.29 is 19.2 Å². The Morgan fingerprint density at radius 1 is 1.27 bits per heavy atom. The first-order chi connectivity index (χ1) is 14.3. The first-order valence-electron chi connectivity index (χ1n) is 10.6. The van der Waals surface area contributed by atoms with E-state index in [4.69, 9.17) is 0 Å². The van der Waals surface area contributed by atoms with Gasteiger partial charge in [0.2, 0.25) is 11.8 Å². The van der Waals surface area contributed by atoms with Crippen molar-refractivity contribution >= 4 is 35.1 Å². The average molecular weight is 435 g/mol. The lowest BCUT2D eigenvalue weighted by atomic mass is 9.90. The number of carbonyl (C=O) groups is 4. The molecule has 2 aliphatic rings. The van der Waals surface area contributed by atoms with E-state index in [0.717, 1.165) is 30.6 Å². The summed E-state index contributed by atoms with van der Waals surface area (Å²) in [4.78, 5) is 52.5. The Morgan fingerprint density at radius 3 is 2.57 bits per heavy atom. The van der Waals surface area contributed by atoms with Gasteiger partial charge in [-0.2, -0.15) is 0 Å². The third-order valence-electron chi connectivity index (χ3n) is 6.15. The maximum absolute atomic E-state index is 13.3. The zero-order chi connectivity index (χ0) is 21.7. The number of urea groups is 1. The number of hydrogen-bond acceptors (Lipinski definition) is 5. The second kappa shape index (κ2) is 9.59. The molecule has 1 aromatic heterocycles. The van der Waals surface area contributed by atoms with Gasteiger partial charge in [0.15, 0.2) is 0 Å². The van der Waals surface area contributed by atoms with E-state index in [-0.39, 0.29) is 30.8 Å². The molecular formula is C21H30N4O4S. The Labute approximate surface area is 180 Å². The highest BCUT2D eigenvalue weighted by Crippen LogP contribution is 2.27. The first-order valence-corrected chi connectivity index (χ1v) is 11.5. The Balaban J connectivity index is 1.80. The third-order valence-corrected chi connectivity index (χ3v) is 7.01. The molecule has 3 N–H and O–H groups in total. The van der Waals surface area contributed by atoms with E-state index in [0.29, 0.717) is 6.42 Å². The fourth-order valence-electron chi connectivity index (χ4n) is 4.05. The predicted molar refractivity (Wildman–Crippen MR) is 114 cm³/mol. The second-order valence-corrected chi connectivity index (χ2v) is 9.25. The highest BCUT2D eigenvalue weighted by molar-refractivity contribution is 7.09. The molecule has 0 aromatic carbocycles. The van der Waals surface area contributed by atoms with E-state index in [9.17, 15) is 19.2 Å². The summed E-state index contributed by atoms with van der Waals surface area (Å²) in [7, 11) is 0. The summed E-state index contributed by atoms with van der Waals surface area (Å²) >= 11 is 1.51. The van der Waals surface area contributed by atoms with Crippen molar-refractivity contribution in [3.8, 4) is 0 Å². The zero-order valence-electron chi connectivity index (χ0n) is 17.5. The van der Waals surface area contributed by atoms with E-state index in [1.807, 2.05) is 24.4 Å². The molecule has 164 valence electrons. The normalized spacial score (nSPS) is 21.5. The van der Waals surface area contributed by atoms with Gasteiger partial charge in [0, 0.05) is 10.9 Å². The van der Waals surface area contributed by atoms with Crippen LogP contribution in [-0.2, 0) is 20.9 Å². The van der Waals surface area contributed by atoms with Gasteiger partial charge in [0.25, 0.3) is 5.91 Å². The molecule has 1 aliphatic heterocycles. The van der Waals surface area contributed by atoms with Gasteiger partial charge in [-0.3, -0.25) is 19.7 Å². The minimum Gasteiger partial charge on any atom is -0.351 e. The summed E-state index contributed by atoms with van der Waals surface area (Å²) < 4.78 is 0. The fraction of sp³-hybridized carbons (Fsp3) is 0.619. The number of thiophene rings is 1. The molecule has 5 amide bonds. The van der Waals surface area contributed by atoms with Crippen molar-refractivity contribution in [2.75, 3.05) is 0 Å². The molecular weight excluding hydrogens is 404 g/mol. The maximum atomic E-state index is 13.3. The van der Waals surface area contributed by atoms with E-state index in [1.165, 1.54) is 17.8 Å². The predicted octanol–water partition coefficient (Wildman–Crippen LogP) is 2.29. The van der Waals surface area contributed by atoms with Crippen LogP contribution in [0.1, 0.15) is 63.7 Å². The van der Waals surface area contributed by atoms with E-state index < -0.39 is 23.5 Å². The summed E-state index contributed by atoms with van der Waals surface area (Å²) in [5, 5.41) is 9.70. The summed E-state index contributed by atoms with van der Waals surface area (Å²) in [5.41, 5.74) is -1.06. The number of rotatable bonds is 8. The highest BCUT2D eigenvalue weighted by atomic mass is 32.1. The molecule has 2 heterocycles. The van der Waals surface area contributed by atoms with Crippen LogP contribution < -0.4 is 16.0 Å². The lowest BCUT2D eigenvalue weighted by molar-refractivity contribution is -0.149. The minimum absolute atomic E-state index is 0.135. The highest BCUT2D eigenvalue weighted by Gasteiger charge is 2.43. The lowest BCUT2D eigenvalue weighted by Crippen LogP contribution is -2.60. The van der Waals surface area contributed by atoms with Crippen molar-refractivity contribution in [3.05, 3.63) is 22.4 Å². The summed E-state index contributed by atoms with van der Waals surface area (Å²) in [6.45, 7) is 3.95. The summed E-state index contributed by atoms with van der Waals surface area (Å²) in [6, 6.07) is 2.44. The molecule has 30 heavy (non-hydrogen) atoms. The van der Waals surface area contributed by atoms with Crippen LogP contribution in [0.5, 0.6) is 0 Å². The SMILES string of the molecule is CC[C@](C)(C(=O)NC1CCCCC1)N(Cc1cccs1)C(=O)C[C@H]1NC(=O)NC1=O. The van der Waals surface area contributed by atoms with Crippen LogP contribution in [0.4, 0.5) is 4.79 Å². The average Bonchev–Trinajstić information content (AvgIpc) is 3.35. The molecule has 2 fully saturated rings. The molecule has 0 unspecified atom stereocenters. The van der Waals surface area contributed by atoms with Crippen molar-refractivity contribution in [1.29, 1.82) is 0 Å². The first kappa shape index (κ1) is 22.3. The smallest absolute Gasteiger partial charge is 0.322 e. The lowest BCUT2D eigenvalue weighted by Gasteiger charge is -2.41. The van der Waals surface area contributed by atoms with Crippen LogP contribution in [0.15, 0.2) is 17.5 Å². The Bertz CT molecular complexity index is 791. The molecule has 1 aliphatic carbocycles. The van der Waals surface area contributed by atoms with Gasteiger partial charge in [-0.25, -0.2) is 4.79 Å². The molecule has 1 saturated carbocycles. The van der Waals surface area contributed by atoms with Crippen LogP contribution in [-0.4, -0.2) is 46.3 Å². The molecule has 0 bridgehead atoms. The van der Waals surface area contributed by atoms with Gasteiger partial charge < -0.3 is 15.5 Å². The van der Waals surface area contributed by atoms with Gasteiger partial charge in [-0.05, 0) is 37.6 Å². The number of nitrogens with zero attached hydrogens (tertiary/aromatic N) is 1. The largest absolute Gasteiger partial charge is 0.351 e. The number of amides is 5. The number of hydrogen-bond donors (Lipinski definition) is 3. The third kappa shape index (κ3) is 5.00. The number of imide groups is 1. The Hall–Kier alpha value is -2.42. The molecule has 1 saturated heterocycles. The zero-order valence-corrected chi connectivity index (χ0v) is 18.3. The van der Waals surface area contributed by atoms with E-state index >= 15 is 0 Å². The summed E-state index contributed by atoms with van der Waals surface area (Å²) in [5.74, 6) is -1.02. The second-order valence-electron chi connectivity index (χ2n) is 8.21. The monoisotopic (exact) mass is 434 g/mol. The molecule has 1 aromatic rings. The number of nitrogens with one attached hydrogen (secondary N) is 3. The molecule has 0 spiro atoms. The van der Waals surface area contributed by atoms with Crippen LogP contribution in [0.25, 0.3) is 0 Å². The van der Waals surface area contributed by atoms with Crippen LogP contribution in [0, 0.1) is 0 Å². The molecule has 0 radical (unpaired) electrons. The van der Waals surface area contributed by atoms with Gasteiger partial charge in [0.1, 0.15) is 11.6 Å².